The van der Waals surface area contributed by atoms with Gasteiger partial charge >= 0.3 is 0 Å². The lowest BCUT2D eigenvalue weighted by Crippen LogP contribution is -2.30. The van der Waals surface area contributed by atoms with Crippen LogP contribution in [-0.2, 0) is 6.54 Å². The minimum atomic E-state index is 0.0444. The lowest BCUT2D eigenvalue weighted by Gasteiger charge is -2.28. The third-order valence-corrected chi connectivity index (χ3v) is 6.30. The highest BCUT2D eigenvalue weighted by Gasteiger charge is 2.40. The van der Waals surface area contributed by atoms with Crippen molar-refractivity contribution in [2.75, 3.05) is 6.54 Å². The second-order valence-electron chi connectivity index (χ2n) is 7.95. The second kappa shape index (κ2) is 8.96. The van der Waals surface area contributed by atoms with E-state index in [-0.39, 0.29) is 12.1 Å². The van der Waals surface area contributed by atoms with Crippen molar-refractivity contribution in [3.63, 3.8) is 0 Å². The SMILES string of the molecule is CCCCN1C(=S)N[C@@H](c2ccccn2)[C@H]1c1cc(C)n(Cc2cccnc2)c1C. The molecule has 0 bridgehead atoms. The lowest BCUT2D eigenvalue weighted by atomic mass is 9.96. The van der Waals surface area contributed by atoms with Gasteiger partial charge in [0.15, 0.2) is 5.11 Å². The van der Waals surface area contributed by atoms with Crippen LogP contribution in [0.1, 0.15) is 60.1 Å². The van der Waals surface area contributed by atoms with E-state index in [2.05, 4.69) is 63.7 Å². The predicted octanol–water partition coefficient (Wildman–Crippen LogP) is 4.72. The fourth-order valence-corrected chi connectivity index (χ4v) is 4.69. The van der Waals surface area contributed by atoms with E-state index < -0.39 is 0 Å². The number of unbranched alkanes of at least 4 members (excludes halogenated alkanes) is 1. The number of nitrogens with one attached hydrogen (secondary N) is 1. The maximum Gasteiger partial charge on any atom is 0.170 e. The van der Waals surface area contributed by atoms with Crippen molar-refractivity contribution in [3.8, 4) is 0 Å². The molecule has 0 aliphatic carbocycles. The number of pyridine rings is 2. The van der Waals surface area contributed by atoms with Crippen LogP contribution in [0.2, 0.25) is 0 Å². The Morgan fingerprint density at radius 1 is 1.13 bits per heavy atom. The summed E-state index contributed by atoms with van der Waals surface area (Å²) in [5.41, 5.74) is 6.07. The average molecular weight is 420 g/mol. The first-order valence-corrected chi connectivity index (χ1v) is 11.0. The van der Waals surface area contributed by atoms with E-state index in [4.69, 9.17) is 12.2 Å². The first kappa shape index (κ1) is 20.5. The molecule has 6 heteroatoms. The van der Waals surface area contributed by atoms with Gasteiger partial charge in [-0.05, 0) is 67.9 Å². The van der Waals surface area contributed by atoms with E-state index >= 15 is 0 Å². The van der Waals surface area contributed by atoms with Gasteiger partial charge in [0.05, 0.1) is 17.8 Å². The molecule has 1 N–H and O–H groups in total. The number of aromatic nitrogens is 3. The monoisotopic (exact) mass is 419 g/mol. The van der Waals surface area contributed by atoms with Crippen LogP contribution in [0.5, 0.6) is 0 Å². The second-order valence-corrected chi connectivity index (χ2v) is 8.33. The van der Waals surface area contributed by atoms with Crippen molar-refractivity contribution < 1.29 is 0 Å². The molecule has 1 saturated heterocycles. The van der Waals surface area contributed by atoms with Crippen molar-refractivity contribution in [1.29, 1.82) is 0 Å². The van der Waals surface area contributed by atoms with E-state index in [1.165, 1.54) is 22.5 Å². The molecule has 4 rings (SSSR count). The Labute approximate surface area is 184 Å². The summed E-state index contributed by atoms with van der Waals surface area (Å²) in [7, 11) is 0. The molecule has 1 aliphatic rings. The molecular weight excluding hydrogens is 390 g/mol. The molecule has 0 saturated carbocycles. The number of aryl methyl sites for hydroxylation is 1. The van der Waals surface area contributed by atoms with Crippen LogP contribution in [-0.4, -0.2) is 31.1 Å². The van der Waals surface area contributed by atoms with Crippen LogP contribution < -0.4 is 5.32 Å². The van der Waals surface area contributed by atoms with Gasteiger partial charge in [-0.1, -0.05) is 25.5 Å². The summed E-state index contributed by atoms with van der Waals surface area (Å²) >= 11 is 5.77. The zero-order chi connectivity index (χ0) is 21.1. The molecule has 0 amide bonds. The van der Waals surface area contributed by atoms with Crippen LogP contribution >= 0.6 is 12.2 Å². The summed E-state index contributed by atoms with van der Waals surface area (Å²) in [6.45, 7) is 8.38. The van der Waals surface area contributed by atoms with Gasteiger partial charge in [0.25, 0.3) is 0 Å². The molecule has 0 spiro atoms. The summed E-state index contributed by atoms with van der Waals surface area (Å²) < 4.78 is 2.38. The Balaban J connectivity index is 1.74. The number of thiocarbonyl (C=S) groups is 1. The minimum Gasteiger partial charge on any atom is -0.352 e. The standard InChI is InChI=1S/C24H29N5S/c1-4-5-13-28-23(22(27-24(28)30)21-10-6-7-12-26-21)20-14-17(2)29(18(20)3)16-19-9-8-11-25-15-19/h6-12,14-15,22-23H,4-5,13,16H2,1-3H3,(H,27,30)/t22-,23+/m0/s1. The molecule has 2 atom stereocenters. The molecule has 1 aliphatic heterocycles. The fourth-order valence-electron chi connectivity index (χ4n) is 4.36. The van der Waals surface area contributed by atoms with Gasteiger partial charge in [0.1, 0.15) is 0 Å². The molecule has 156 valence electrons. The Bertz CT molecular complexity index is 999. The van der Waals surface area contributed by atoms with Crippen molar-refractivity contribution >= 4 is 17.3 Å². The van der Waals surface area contributed by atoms with Crippen LogP contribution in [0.3, 0.4) is 0 Å². The van der Waals surface area contributed by atoms with E-state index in [1.54, 1.807) is 0 Å². The number of hydrogen-bond donors (Lipinski definition) is 1. The molecule has 4 heterocycles. The molecule has 5 nitrogen and oxygen atoms in total. The Kier molecular flexibility index (Phi) is 6.13. The highest BCUT2D eigenvalue weighted by Crippen LogP contribution is 2.41. The van der Waals surface area contributed by atoms with E-state index in [1.807, 2.05) is 36.8 Å². The Hall–Kier alpha value is -2.73. The highest BCUT2D eigenvalue weighted by molar-refractivity contribution is 7.80. The largest absolute Gasteiger partial charge is 0.352 e. The van der Waals surface area contributed by atoms with Gasteiger partial charge in [-0.25, -0.2) is 0 Å². The highest BCUT2D eigenvalue weighted by atomic mass is 32.1. The zero-order valence-electron chi connectivity index (χ0n) is 17.9. The van der Waals surface area contributed by atoms with E-state index in [0.29, 0.717) is 0 Å². The number of nitrogens with zero attached hydrogens (tertiary/aromatic N) is 4. The zero-order valence-corrected chi connectivity index (χ0v) is 18.7. The van der Waals surface area contributed by atoms with E-state index in [9.17, 15) is 0 Å². The fraction of sp³-hybridized carbons (Fsp3) is 0.375. The van der Waals surface area contributed by atoms with Gasteiger partial charge in [0.2, 0.25) is 0 Å². The maximum atomic E-state index is 5.77. The first-order chi connectivity index (χ1) is 14.6. The molecule has 0 unspecified atom stereocenters. The first-order valence-electron chi connectivity index (χ1n) is 10.6. The topological polar surface area (TPSA) is 46.0 Å². The molecule has 0 aromatic carbocycles. The normalized spacial score (nSPS) is 18.6. The van der Waals surface area contributed by atoms with Crippen molar-refractivity contribution in [2.45, 2.75) is 52.2 Å². The van der Waals surface area contributed by atoms with Gasteiger partial charge in [0, 0.05) is 43.1 Å². The lowest BCUT2D eigenvalue weighted by molar-refractivity contribution is 0.311. The molecule has 1 fully saturated rings. The summed E-state index contributed by atoms with van der Waals surface area (Å²) in [6, 6.07) is 12.7. The van der Waals surface area contributed by atoms with Crippen molar-refractivity contribution in [1.82, 2.24) is 24.8 Å². The third-order valence-electron chi connectivity index (χ3n) is 5.95. The van der Waals surface area contributed by atoms with Crippen LogP contribution in [0.25, 0.3) is 0 Å². The van der Waals surface area contributed by atoms with Crippen LogP contribution in [0, 0.1) is 13.8 Å². The number of rotatable bonds is 7. The minimum absolute atomic E-state index is 0.0444. The van der Waals surface area contributed by atoms with Crippen LogP contribution in [0.15, 0.2) is 55.0 Å². The quantitative estimate of drug-likeness (QED) is 0.562. The average Bonchev–Trinajstić information content (AvgIpc) is 3.24. The predicted molar refractivity (Wildman–Crippen MR) is 124 cm³/mol. The third kappa shape index (κ3) is 3.97. The van der Waals surface area contributed by atoms with Gasteiger partial charge < -0.3 is 14.8 Å². The molecule has 30 heavy (non-hydrogen) atoms. The maximum absolute atomic E-state index is 5.77. The smallest absolute Gasteiger partial charge is 0.170 e. The molecule has 3 aromatic heterocycles. The van der Waals surface area contributed by atoms with Crippen molar-refractivity contribution in [3.05, 3.63) is 83.2 Å². The Morgan fingerprint density at radius 2 is 2.00 bits per heavy atom. The number of hydrogen-bond acceptors (Lipinski definition) is 3. The van der Waals surface area contributed by atoms with Crippen molar-refractivity contribution in [2.24, 2.45) is 0 Å². The Morgan fingerprint density at radius 3 is 2.70 bits per heavy atom. The summed E-state index contributed by atoms with van der Waals surface area (Å²) in [4.78, 5) is 11.3. The molecular formula is C24H29N5S. The molecule has 0 radical (unpaired) electrons. The summed E-state index contributed by atoms with van der Waals surface area (Å²) in [5, 5.41) is 4.38. The van der Waals surface area contributed by atoms with Gasteiger partial charge in [-0.15, -0.1) is 0 Å². The van der Waals surface area contributed by atoms with Crippen LogP contribution in [0.4, 0.5) is 0 Å². The summed E-state index contributed by atoms with van der Waals surface area (Å²) in [6.07, 6.45) is 7.87. The van der Waals surface area contributed by atoms with Gasteiger partial charge in [-0.3, -0.25) is 9.97 Å². The summed E-state index contributed by atoms with van der Waals surface area (Å²) in [5.74, 6) is 0. The van der Waals surface area contributed by atoms with E-state index in [0.717, 1.165) is 36.7 Å². The molecule has 3 aromatic rings. The van der Waals surface area contributed by atoms with Gasteiger partial charge in [-0.2, -0.15) is 0 Å².